The Morgan fingerprint density at radius 1 is 1.37 bits per heavy atom. The number of guanidine groups is 1. The predicted molar refractivity (Wildman–Crippen MR) is 120 cm³/mol. The topological polar surface area (TPSA) is 74.6 Å². The average Bonchev–Trinajstić information content (AvgIpc) is 3.24. The summed E-state index contributed by atoms with van der Waals surface area (Å²) in [6.45, 7) is 7.08. The van der Waals surface area contributed by atoms with Crippen LogP contribution in [0.2, 0.25) is 0 Å². The van der Waals surface area contributed by atoms with Crippen LogP contribution in [0.15, 0.2) is 29.3 Å². The summed E-state index contributed by atoms with van der Waals surface area (Å²) in [6.07, 6.45) is 1.52. The summed E-state index contributed by atoms with van der Waals surface area (Å²) in [6, 6.07) is 8.44. The van der Waals surface area contributed by atoms with Crippen molar-refractivity contribution in [2.45, 2.75) is 39.3 Å². The molecule has 1 aromatic heterocycles. The molecule has 2 N–H and O–H groups in total. The molecular weight excluding hydrogens is 455 g/mol. The first-order valence-corrected chi connectivity index (χ1v) is 9.29. The maximum atomic E-state index is 11.8. The maximum Gasteiger partial charge on any atom is 0.222 e. The van der Waals surface area contributed by atoms with Crippen molar-refractivity contribution >= 4 is 46.9 Å². The van der Waals surface area contributed by atoms with Crippen LogP contribution in [-0.4, -0.2) is 59.0 Å². The van der Waals surface area contributed by atoms with Crippen molar-refractivity contribution in [2.24, 2.45) is 4.99 Å². The Morgan fingerprint density at radius 2 is 2.15 bits per heavy atom. The van der Waals surface area contributed by atoms with Gasteiger partial charge in [0.25, 0.3) is 0 Å². The number of rotatable bonds is 5. The second-order valence-corrected chi connectivity index (χ2v) is 6.62. The number of carbonyl (C=O) groups excluding carboxylic acids is 1. The van der Waals surface area contributed by atoms with Crippen LogP contribution in [0, 0.1) is 6.92 Å². The average molecular weight is 484 g/mol. The standard InChI is InChI=1S/C19H28N6O.HI/c1-4-18(26)24-11-9-15(13-24)23-19(20-3)21-10-12-25-14(2)22-16-7-5-6-8-17(16)25;/h5-8,15H,4,9-13H2,1-3H3,(H2,20,21,23);1H. The summed E-state index contributed by atoms with van der Waals surface area (Å²) >= 11 is 0. The highest BCUT2D eigenvalue weighted by atomic mass is 127. The van der Waals surface area contributed by atoms with Gasteiger partial charge in [-0.25, -0.2) is 4.98 Å². The van der Waals surface area contributed by atoms with Crippen molar-refractivity contribution in [1.29, 1.82) is 0 Å². The molecule has 0 radical (unpaired) electrons. The summed E-state index contributed by atoms with van der Waals surface area (Å²) < 4.78 is 2.22. The number of nitrogens with zero attached hydrogens (tertiary/aromatic N) is 4. The number of imidazole rings is 1. The molecule has 0 bridgehead atoms. The number of likely N-dealkylation sites (tertiary alicyclic amines) is 1. The molecule has 3 rings (SSSR count). The molecule has 7 nitrogen and oxygen atoms in total. The quantitative estimate of drug-likeness (QED) is 0.388. The molecule has 1 aliphatic rings. The number of aromatic nitrogens is 2. The van der Waals surface area contributed by atoms with Gasteiger partial charge >= 0.3 is 0 Å². The molecule has 0 saturated carbocycles. The smallest absolute Gasteiger partial charge is 0.222 e. The van der Waals surface area contributed by atoms with Crippen molar-refractivity contribution in [3.63, 3.8) is 0 Å². The number of hydrogen-bond donors (Lipinski definition) is 2. The minimum absolute atomic E-state index is 0. The zero-order valence-electron chi connectivity index (χ0n) is 16.2. The van der Waals surface area contributed by atoms with Gasteiger partial charge in [-0.1, -0.05) is 19.1 Å². The van der Waals surface area contributed by atoms with Gasteiger partial charge in [-0.15, -0.1) is 24.0 Å². The van der Waals surface area contributed by atoms with Crippen molar-refractivity contribution in [3.8, 4) is 0 Å². The molecule has 148 valence electrons. The highest BCUT2D eigenvalue weighted by Crippen LogP contribution is 2.15. The van der Waals surface area contributed by atoms with Crippen LogP contribution in [0.5, 0.6) is 0 Å². The SMILES string of the molecule is CCC(=O)N1CCC(NC(=NC)NCCn2c(C)nc3ccccc32)C1.I. The molecule has 2 aromatic rings. The minimum atomic E-state index is 0. The third-order valence-electron chi connectivity index (χ3n) is 4.88. The van der Waals surface area contributed by atoms with E-state index in [0.717, 1.165) is 55.4 Å². The lowest BCUT2D eigenvalue weighted by molar-refractivity contribution is -0.129. The van der Waals surface area contributed by atoms with E-state index in [1.807, 2.05) is 36.9 Å². The summed E-state index contributed by atoms with van der Waals surface area (Å²) in [5.74, 6) is 2.02. The molecule has 1 unspecified atom stereocenters. The first kappa shape index (κ1) is 21.5. The van der Waals surface area contributed by atoms with E-state index in [-0.39, 0.29) is 35.9 Å². The van der Waals surface area contributed by atoms with Crippen molar-refractivity contribution < 1.29 is 4.79 Å². The number of benzene rings is 1. The van der Waals surface area contributed by atoms with Gasteiger partial charge in [0.1, 0.15) is 5.82 Å². The van der Waals surface area contributed by atoms with Crippen LogP contribution < -0.4 is 10.6 Å². The molecule has 1 aromatic carbocycles. The Bertz CT molecular complexity index is 803. The first-order valence-electron chi connectivity index (χ1n) is 9.29. The molecule has 1 atom stereocenters. The van der Waals surface area contributed by atoms with E-state index in [2.05, 4.69) is 31.2 Å². The highest BCUT2D eigenvalue weighted by Gasteiger charge is 2.25. The van der Waals surface area contributed by atoms with Gasteiger partial charge in [-0.05, 0) is 25.5 Å². The third-order valence-corrected chi connectivity index (χ3v) is 4.88. The fourth-order valence-electron chi connectivity index (χ4n) is 3.48. The number of nitrogens with one attached hydrogen (secondary N) is 2. The normalized spacial score (nSPS) is 17.1. The molecule has 2 heterocycles. The van der Waals surface area contributed by atoms with Gasteiger partial charge in [-0.2, -0.15) is 0 Å². The van der Waals surface area contributed by atoms with Crippen molar-refractivity contribution in [2.75, 3.05) is 26.7 Å². The second kappa shape index (κ2) is 9.91. The fraction of sp³-hybridized carbons (Fsp3) is 0.526. The second-order valence-electron chi connectivity index (χ2n) is 6.62. The number of amides is 1. The van der Waals surface area contributed by atoms with E-state index < -0.39 is 0 Å². The van der Waals surface area contributed by atoms with E-state index in [0.29, 0.717) is 6.42 Å². The van der Waals surface area contributed by atoms with Gasteiger partial charge in [0.15, 0.2) is 5.96 Å². The largest absolute Gasteiger partial charge is 0.355 e. The van der Waals surface area contributed by atoms with Crippen LogP contribution in [0.3, 0.4) is 0 Å². The third kappa shape index (κ3) is 5.12. The van der Waals surface area contributed by atoms with Gasteiger partial charge in [0.05, 0.1) is 11.0 Å². The summed E-state index contributed by atoms with van der Waals surface area (Å²) in [4.78, 5) is 22.6. The van der Waals surface area contributed by atoms with Crippen molar-refractivity contribution in [3.05, 3.63) is 30.1 Å². The van der Waals surface area contributed by atoms with Gasteiger partial charge in [-0.3, -0.25) is 9.79 Å². The van der Waals surface area contributed by atoms with E-state index in [9.17, 15) is 4.79 Å². The fourth-order valence-corrected chi connectivity index (χ4v) is 3.48. The molecule has 1 saturated heterocycles. The first-order chi connectivity index (χ1) is 12.6. The number of hydrogen-bond acceptors (Lipinski definition) is 3. The van der Waals surface area contributed by atoms with Crippen LogP contribution in [0.25, 0.3) is 11.0 Å². The lowest BCUT2D eigenvalue weighted by Gasteiger charge is -2.19. The van der Waals surface area contributed by atoms with Crippen LogP contribution in [0.4, 0.5) is 0 Å². The van der Waals surface area contributed by atoms with E-state index in [1.54, 1.807) is 7.05 Å². The number of aliphatic imine (C=N–C) groups is 1. The van der Waals surface area contributed by atoms with Crippen molar-refractivity contribution in [1.82, 2.24) is 25.1 Å². The van der Waals surface area contributed by atoms with Gasteiger partial charge in [0.2, 0.25) is 5.91 Å². The van der Waals surface area contributed by atoms with E-state index in [1.165, 1.54) is 0 Å². The molecule has 0 spiro atoms. The summed E-state index contributed by atoms with van der Waals surface area (Å²) in [7, 11) is 1.77. The molecule has 0 aliphatic carbocycles. The molecular formula is C19H29IN6O. The maximum absolute atomic E-state index is 11.8. The Kier molecular flexibility index (Phi) is 7.88. The zero-order valence-corrected chi connectivity index (χ0v) is 18.6. The Morgan fingerprint density at radius 3 is 2.89 bits per heavy atom. The number of para-hydroxylation sites is 2. The van der Waals surface area contributed by atoms with Crippen LogP contribution in [-0.2, 0) is 11.3 Å². The molecule has 8 heteroatoms. The zero-order chi connectivity index (χ0) is 18.5. The summed E-state index contributed by atoms with van der Waals surface area (Å²) in [5, 5.41) is 6.80. The van der Waals surface area contributed by atoms with Crippen LogP contribution in [0.1, 0.15) is 25.6 Å². The Hall–Kier alpha value is -1.84. The Labute approximate surface area is 177 Å². The lowest BCUT2D eigenvalue weighted by atomic mass is 10.3. The van der Waals surface area contributed by atoms with E-state index in [4.69, 9.17) is 0 Å². The molecule has 27 heavy (non-hydrogen) atoms. The number of aryl methyl sites for hydroxylation is 1. The molecule has 1 aliphatic heterocycles. The Balaban J connectivity index is 0.00000261. The summed E-state index contributed by atoms with van der Waals surface area (Å²) in [5.41, 5.74) is 2.18. The molecule has 1 fully saturated rings. The molecule has 1 amide bonds. The van der Waals surface area contributed by atoms with Gasteiger partial charge < -0.3 is 20.1 Å². The van der Waals surface area contributed by atoms with Crippen LogP contribution >= 0.6 is 24.0 Å². The van der Waals surface area contributed by atoms with E-state index >= 15 is 0 Å². The van der Waals surface area contributed by atoms with Gasteiger partial charge in [0, 0.05) is 45.7 Å². The monoisotopic (exact) mass is 484 g/mol. The minimum Gasteiger partial charge on any atom is -0.355 e. The number of halogens is 1. The predicted octanol–water partition coefficient (Wildman–Crippen LogP) is 2.14. The number of fused-ring (bicyclic) bond motifs is 1. The lowest BCUT2D eigenvalue weighted by Crippen LogP contribution is -2.45. The number of carbonyl (C=O) groups is 1. The highest BCUT2D eigenvalue weighted by molar-refractivity contribution is 14.0.